The largest absolute Gasteiger partial charge is 0.324 e. The molecule has 0 fully saturated rings. The van der Waals surface area contributed by atoms with Crippen LogP contribution in [-0.2, 0) is 0 Å². The molecule has 0 amide bonds. The molecule has 60 valence electrons. The van der Waals surface area contributed by atoms with E-state index in [2.05, 4.69) is 0 Å². The summed E-state index contributed by atoms with van der Waals surface area (Å²) < 4.78 is 0. The number of thiophene rings is 1. The van der Waals surface area contributed by atoms with Crippen LogP contribution in [0.5, 0.6) is 0 Å². The summed E-state index contributed by atoms with van der Waals surface area (Å²) in [5, 5.41) is 10.5. The summed E-state index contributed by atoms with van der Waals surface area (Å²) in [6.45, 7) is 4.05. The smallest absolute Gasteiger partial charge is 0.258 e. The van der Waals surface area contributed by atoms with Crippen molar-refractivity contribution < 1.29 is 4.92 Å². The molecule has 0 atom stereocenters. The fourth-order valence-electron chi connectivity index (χ4n) is 0.751. The van der Waals surface area contributed by atoms with Crippen molar-refractivity contribution in [1.29, 1.82) is 0 Å². The van der Waals surface area contributed by atoms with Gasteiger partial charge in [0.1, 0.15) is 0 Å². The van der Waals surface area contributed by atoms with E-state index in [1.165, 1.54) is 11.3 Å². The highest BCUT2D eigenvalue weighted by Crippen LogP contribution is 2.29. The van der Waals surface area contributed by atoms with Gasteiger partial charge in [0, 0.05) is 10.9 Å². The van der Waals surface area contributed by atoms with E-state index in [-0.39, 0.29) is 9.92 Å². The summed E-state index contributed by atoms with van der Waals surface area (Å²) >= 11 is 1.25. The minimum Gasteiger partial charge on any atom is -0.258 e. The SMILES string of the molecule is CC(C)c1ccc([N+](=O)[O-])s1. The summed E-state index contributed by atoms with van der Waals surface area (Å²) in [6.07, 6.45) is 0. The average Bonchev–Trinajstić information content (AvgIpc) is 2.33. The quantitative estimate of drug-likeness (QED) is 0.507. The van der Waals surface area contributed by atoms with E-state index in [1.54, 1.807) is 6.07 Å². The molecule has 1 rings (SSSR count). The molecule has 0 spiro atoms. The number of hydrogen-bond acceptors (Lipinski definition) is 3. The lowest BCUT2D eigenvalue weighted by Crippen LogP contribution is -1.81. The van der Waals surface area contributed by atoms with Crippen LogP contribution in [0.25, 0.3) is 0 Å². The van der Waals surface area contributed by atoms with Gasteiger partial charge >= 0.3 is 5.00 Å². The summed E-state index contributed by atoms with van der Waals surface area (Å²) in [6, 6.07) is 3.37. The Morgan fingerprint density at radius 1 is 1.55 bits per heavy atom. The summed E-state index contributed by atoms with van der Waals surface area (Å²) in [5.41, 5.74) is 0. The molecule has 0 aliphatic heterocycles. The lowest BCUT2D eigenvalue weighted by molar-refractivity contribution is -0.380. The first-order valence-corrected chi connectivity index (χ1v) is 4.17. The zero-order chi connectivity index (χ0) is 8.43. The summed E-state index contributed by atoms with van der Waals surface area (Å²) in [4.78, 5) is 11.0. The molecule has 0 saturated heterocycles. The Balaban J connectivity index is 2.90. The molecule has 3 nitrogen and oxygen atoms in total. The summed E-state index contributed by atoms with van der Waals surface area (Å²) in [7, 11) is 0. The Morgan fingerprint density at radius 2 is 2.18 bits per heavy atom. The highest BCUT2D eigenvalue weighted by molar-refractivity contribution is 7.15. The molecule has 1 aromatic heterocycles. The standard InChI is InChI=1S/C7H9NO2S/c1-5(2)6-3-4-7(11-6)8(9)10/h3-5H,1-2H3. The van der Waals surface area contributed by atoms with Gasteiger partial charge < -0.3 is 0 Å². The molecule has 11 heavy (non-hydrogen) atoms. The fourth-order valence-corrected chi connectivity index (χ4v) is 1.57. The average molecular weight is 171 g/mol. The molecule has 4 heteroatoms. The van der Waals surface area contributed by atoms with Crippen LogP contribution in [0, 0.1) is 10.1 Å². The van der Waals surface area contributed by atoms with Gasteiger partial charge in [-0.25, -0.2) is 0 Å². The van der Waals surface area contributed by atoms with Gasteiger partial charge in [-0.15, -0.1) is 0 Å². The van der Waals surface area contributed by atoms with E-state index in [9.17, 15) is 10.1 Å². The molecule has 1 heterocycles. The van der Waals surface area contributed by atoms with Crippen molar-refractivity contribution in [1.82, 2.24) is 0 Å². The second-order valence-electron chi connectivity index (χ2n) is 2.59. The Labute approximate surface area is 68.8 Å². The summed E-state index contributed by atoms with van der Waals surface area (Å²) in [5.74, 6) is 0.383. The first-order chi connectivity index (χ1) is 5.11. The van der Waals surface area contributed by atoms with Crippen LogP contribution in [0.15, 0.2) is 12.1 Å². The number of rotatable bonds is 2. The van der Waals surface area contributed by atoms with Crippen LogP contribution in [0.1, 0.15) is 24.6 Å². The monoisotopic (exact) mass is 171 g/mol. The van der Waals surface area contributed by atoms with Crippen molar-refractivity contribution in [2.24, 2.45) is 0 Å². The molecule has 0 aliphatic carbocycles. The maximum Gasteiger partial charge on any atom is 0.324 e. The van der Waals surface area contributed by atoms with E-state index in [0.717, 1.165) is 4.88 Å². The Morgan fingerprint density at radius 3 is 2.45 bits per heavy atom. The van der Waals surface area contributed by atoms with Crippen molar-refractivity contribution in [2.75, 3.05) is 0 Å². The van der Waals surface area contributed by atoms with Crippen molar-refractivity contribution in [3.05, 3.63) is 27.1 Å². The molecule has 0 aromatic carbocycles. The topological polar surface area (TPSA) is 43.1 Å². The highest BCUT2D eigenvalue weighted by Gasteiger charge is 2.10. The first-order valence-electron chi connectivity index (χ1n) is 3.35. The van der Waals surface area contributed by atoms with Gasteiger partial charge in [0.05, 0.1) is 4.92 Å². The highest BCUT2D eigenvalue weighted by atomic mass is 32.1. The molecule has 0 bridgehead atoms. The zero-order valence-electron chi connectivity index (χ0n) is 6.40. The Bertz CT molecular complexity index is 267. The predicted octanol–water partition coefficient (Wildman–Crippen LogP) is 2.78. The molecule has 0 saturated carbocycles. The van der Waals surface area contributed by atoms with Crippen molar-refractivity contribution >= 4 is 16.3 Å². The molecule has 0 aliphatic rings. The molecule has 0 unspecified atom stereocenters. The molecule has 0 N–H and O–H groups in total. The van der Waals surface area contributed by atoms with Crippen LogP contribution in [0.4, 0.5) is 5.00 Å². The van der Waals surface area contributed by atoms with E-state index >= 15 is 0 Å². The van der Waals surface area contributed by atoms with Crippen molar-refractivity contribution in [3.8, 4) is 0 Å². The third-order valence-corrected chi connectivity index (χ3v) is 2.70. The Hall–Kier alpha value is -0.900. The number of nitrogens with zero attached hydrogens (tertiary/aromatic N) is 1. The lowest BCUT2D eigenvalue weighted by Gasteiger charge is -1.95. The minimum atomic E-state index is -0.351. The van der Waals surface area contributed by atoms with Crippen molar-refractivity contribution in [2.45, 2.75) is 19.8 Å². The van der Waals surface area contributed by atoms with Crippen LogP contribution in [0.3, 0.4) is 0 Å². The van der Waals surface area contributed by atoms with Crippen LogP contribution in [-0.4, -0.2) is 4.92 Å². The van der Waals surface area contributed by atoms with Crippen LogP contribution >= 0.6 is 11.3 Å². The second kappa shape index (κ2) is 3.00. The van der Waals surface area contributed by atoms with Gasteiger partial charge in [0.2, 0.25) is 0 Å². The van der Waals surface area contributed by atoms with Gasteiger partial charge in [-0.2, -0.15) is 0 Å². The normalized spacial score (nSPS) is 10.5. The fraction of sp³-hybridized carbons (Fsp3) is 0.429. The number of nitro groups is 1. The molecule has 1 aromatic rings. The maximum atomic E-state index is 10.3. The second-order valence-corrected chi connectivity index (χ2v) is 3.68. The number of hydrogen-bond donors (Lipinski definition) is 0. The first kappa shape index (κ1) is 8.20. The van der Waals surface area contributed by atoms with E-state index in [4.69, 9.17) is 0 Å². The van der Waals surface area contributed by atoms with E-state index in [1.807, 2.05) is 19.9 Å². The molecular formula is C7H9NO2S. The lowest BCUT2D eigenvalue weighted by atomic mass is 10.2. The maximum absolute atomic E-state index is 10.3. The Kier molecular flexibility index (Phi) is 2.24. The van der Waals surface area contributed by atoms with E-state index < -0.39 is 0 Å². The van der Waals surface area contributed by atoms with Gasteiger partial charge in [-0.1, -0.05) is 25.2 Å². The van der Waals surface area contributed by atoms with Gasteiger partial charge in [-0.3, -0.25) is 10.1 Å². The molecule has 0 radical (unpaired) electrons. The van der Waals surface area contributed by atoms with Crippen LogP contribution < -0.4 is 0 Å². The van der Waals surface area contributed by atoms with Gasteiger partial charge in [0.25, 0.3) is 0 Å². The van der Waals surface area contributed by atoms with E-state index in [0.29, 0.717) is 5.92 Å². The predicted molar refractivity (Wildman–Crippen MR) is 45.1 cm³/mol. The minimum absolute atomic E-state index is 0.230. The van der Waals surface area contributed by atoms with Gasteiger partial charge in [0.15, 0.2) is 0 Å². The zero-order valence-corrected chi connectivity index (χ0v) is 7.22. The van der Waals surface area contributed by atoms with Gasteiger partial charge in [-0.05, 0) is 12.0 Å². The third-order valence-electron chi connectivity index (χ3n) is 1.36. The third kappa shape index (κ3) is 1.77. The van der Waals surface area contributed by atoms with Crippen molar-refractivity contribution in [3.63, 3.8) is 0 Å². The van der Waals surface area contributed by atoms with Crippen LogP contribution in [0.2, 0.25) is 0 Å². The molecular weight excluding hydrogens is 162 g/mol.